The average Bonchev–Trinajstić information content (AvgIpc) is 1.88. The third-order valence-electron chi connectivity index (χ3n) is 0.918. The molecule has 0 aromatic heterocycles. The van der Waals surface area contributed by atoms with Crippen molar-refractivity contribution in [2.45, 2.75) is 6.92 Å². The number of hydrogen-bond donors (Lipinski definition) is 0. The Morgan fingerprint density at radius 3 is 2.67 bits per heavy atom. The summed E-state index contributed by atoms with van der Waals surface area (Å²) in [5, 5.41) is 0.976. The van der Waals surface area contributed by atoms with Crippen LogP contribution in [0.3, 0.4) is 0 Å². The van der Waals surface area contributed by atoms with Crippen LogP contribution in [0.1, 0.15) is 6.92 Å². The maximum atomic E-state index is 3.65. The molecule has 0 aliphatic heterocycles. The van der Waals surface area contributed by atoms with Gasteiger partial charge in [0.1, 0.15) is 0 Å². The van der Waals surface area contributed by atoms with Gasteiger partial charge < -0.3 is 4.90 Å². The zero-order valence-electron chi connectivity index (χ0n) is 5.68. The van der Waals surface area contributed by atoms with Crippen LogP contribution >= 0.6 is 15.9 Å². The molecule has 0 aromatic rings. The van der Waals surface area contributed by atoms with Crippen LogP contribution < -0.4 is 0 Å². The lowest BCUT2D eigenvalue weighted by Gasteiger charge is -2.11. The lowest BCUT2D eigenvalue weighted by molar-refractivity contribution is 0.544. The van der Waals surface area contributed by atoms with Crippen molar-refractivity contribution >= 4 is 15.9 Å². The summed E-state index contributed by atoms with van der Waals surface area (Å²) >= 11 is 3.34. The summed E-state index contributed by atoms with van der Waals surface area (Å²) in [4.78, 5) is 2.02. The van der Waals surface area contributed by atoms with E-state index < -0.39 is 0 Å². The van der Waals surface area contributed by atoms with E-state index in [0.29, 0.717) is 0 Å². The van der Waals surface area contributed by atoms with Crippen molar-refractivity contribution in [2.75, 3.05) is 11.9 Å². The summed E-state index contributed by atoms with van der Waals surface area (Å²) in [6, 6.07) is 0. The molecular weight excluding hydrogens is 178 g/mol. The third-order valence-corrected chi connectivity index (χ3v) is 1.27. The first kappa shape index (κ1) is 8.76. The van der Waals surface area contributed by atoms with Gasteiger partial charge in [-0.05, 0) is 19.3 Å². The smallest absolute Gasteiger partial charge is 0.0316 e. The van der Waals surface area contributed by atoms with Gasteiger partial charge in [0.2, 0.25) is 0 Å². The Kier molecular flexibility index (Phi) is 5.73. The summed E-state index contributed by atoms with van der Waals surface area (Å²) in [5.41, 5.74) is 0. The predicted molar refractivity (Wildman–Crippen MR) is 45.5 cm³/mol. The largest absolute Gasteiger partial charge is 0.354 e. The topological polar surface area (TPSA) is 3.24 Å². The van der Waals surface area contributed by atoms with Gasteiger partial charge in [-0.3, -0.25) is 0 Å². The Morgan fingerprint density at radius 1 is 1.67 bits per heavy atom. The minimum absolute atomic E-state index is 0.976. The molecule has 0 aromatic carbocycles. The standard InChI is InChI=1S/C7H12BrN/c1-3-6-9(4-2)7-5-8/h3-4,6H,2,5,7H2,1H3/b6-3+. The quantitative estimate of drug-likeness (QED) is 0.615. The van der Waals surface area contributed by atoms with Gasteiger partial charge in [0, 0.05) is 11.9 Å². The monoisotopic (exact) mass is 189 g/mol. The molecule has 0 saturated carbocycles. The van der Waals surface area contributed by atoms with Crippen molar-refractivity contribution in [2.24, 2.45) is 0 Å². The molecule has 0 aliphatic carbocycles. The summed E-state index contributed by atoms with van der Waals surface area (Å²) in [7, 11) is 0. The number of allylic oxidation sites excluding steroid dienone is 1. The van der Waals surface area contributed by atoms with Crippen molar-refractivity contribution in [3.63, 3.8) is 0 Å². The maximum absolute atomic E-state index is 3.65. The van der Waals surface area contributed by atoms with Crippen molar-refractivity contribution in [1.29, 1.82) is 0 Å². The van der Waals surface area contributed by atoms with E-state index in [1.54, 1.807) is 6.20 Å². The van der Waals surface area contributed by atoms with E-state index in [9.17, 15) is 0 Å². The van der Waals surface area contributed by atoms with Gasteiger partial charge in [-0.2, -0.15) is 0 Å². The van der Waals surface area contributed by atoms with Crippen molar-refractivity contribution in [3.05, 3.63) is 25.1 Å². The first-order valence-electron chi connectivity index (χ1n) is 2.92. The van der Waals surface area contributed by atoms with Crippen LogP contribution in [0.2, 0.25) is 0 Å². The Balaban J connectivity index is 3.53. The third kappa shape index (κ3) is 4.28. The molecule has 0 rings (SSSR count). The van der Waals surface area contributed by atoms with Gasteiger partial charge in [0.05, 0.1) is 0 Å². The van der Waals surface area contributed by atoms with E-state index in [2.05, 4.69) is 22.5 Å². The lowest BCUT2D eigenvalue weighted by atomic mass is 10.6. The fourth-order valence-electron chi connectivity index (χ4n) is 0.516. The molecule has 1 nitrogen and oxygen atoms in total. The van der Waals surface area contributed by atoms with Crippen molar-refractivity contribution in [3.8, 4) is 0 Å². The zero-order chi connectivity index (χ0) is 7.11. The molecule has 52 valence electrons. The van der Waals surface area contributed by atoms with Crippen LogP contribution in [0.4, 0.5) is 0 Å². The summed E-state index contributed by atoms with van der Waals surface area (Å²) in [5.74, 6) is 0. The molecule has 2 heteroatoms. The van der Waals surface area contributed by atoms with E-state index in [1.807, 2.05) is 24.1 Å². The van der Waals surface area contributed by atoms with Gasteiger partial charge in [0.25, 0.3) is 0 Å². The SMILES string of the molecule is C=CN(/C=C/C)CCBr. The van der Waals surface area contributed by atoms with Crippen LogP contribution in [0, 0.1) is 0 Å². The predicted octanol–water partition coefficient (Wildman–Crippen LogP) is 2.36. The highest BCUT2D eigenvalue weighted by Gasteiger charge is 1.87. The Hall–Kier alpha value is -0.240. The highest BCUT2D eigenvalue weighted by molar-refractivity contribution is 9.09. The molecule has 0 spiro atoms. The summed E-state index contributed by atoms with van der Waals surface area (Å²) < 4.78 is 0. The van der Waals surface area contributed by atoms with E-state index in [0.717, 1.165) is 11.9 Å². The molecule has 0 aliphatic rings. The first-order chi connectivity index (χ1) is 4.35. The Morgan fingerprint density at radius 2 is 2.33 bits per heavy atom. The molecule has 0 bridgehead atoms. The molecule has 0 N–H and O–H groups in total. The second-order valence-electron chi connectivity index (χ2n) is 1.59. The Bertz CT molecular complexity index is 99.1. The molecular formula is C7H12BrN. The Labute approximate surface area is 65.2 Å². The first-order valence-corrected chi connectivity index (χ1v) is 4.04. The minimum Gasteiger partial charge on any atom is -0.354 e. The average molecular weight is 190 g/mol. The maximum Gasteiger partial charge on any atom is 0.0316 e. The van der Waals surface area contributed by atoms with Crippen LogP contribution in [-0.4, -0.2) is 16.8 Å². The molecule has 9 heavy (non-hydrogen) atoms. The number of hydrogen-bond acceptors (Lipinski definition) is 1. The fourth-order valence-corrected chi connectivity index (χ4v) is 0.925. The number of halogens is 1. The van der Waals surface area contributed by atoms with Gasteiger partial charge in [-0.1, -0.05) is 28.6 Å². The van der Waals surface area contributed by atoms with Crippen LogP contribution in [0.5, 0.6) is 0 Å². The lowest BCUT2D eigenvalue weighted by Crippen LogP contribution is -2.10. The molecule has 0 amide bonds. The minimum atomic E-state index is 0.976. The second-order valence-corrected chi connectivity index (χ2v) is 2.38. The van der Waals surface area contributed by atoms with Gasteiger partial charge in [0.15, 0.2) is 0 Å². The highest BCUT2D eigenvalue weighted by Crippen LogP contribution is 1.91. The number of nitrogens with zero attached hydrogens (tertiary/aromatic N) is 1. The second kappa shape index (κ2) is 5.89. The molecule has 0 fully saturated rings. The summed E-state index contributed by atoms with van der Waals surface area (Å²) in [6.07, 6.45) is 5.79. The molecule has 0 saturated heterocycles. The van der Waals surface area contributed by atoms with Crippen LogP contribution in [-0.2, 0) is 0 Å². The van der Waals surface area contributed by atoms with Crippen molar-refractivity contribution in [1.82, 2.24) is 4.90 Å². The molecule has 0 unspecified atom stereocenters. The normalized spacial score (nSPS) is 10.0. The van der Waals surface area contributed by atoms with Crippen LogP contribution in [0.25, 0.3) is 0 Å². The van der Waals surface area contributed by atoms with Gasteiger partial charge in [-0.15, -0.1) is 0 Å². The highest BCUT2D eigenvalue weighted by atomic mass is 79.9. The molecule has 0 heterocycles. The van der Waals surface area contributed by atoms with E-state index in [-0.39, 0.29) is 0 Å². The van der Waals surface area contributed by atoms with E-state index >= 15 is 0 Å². The number of alkyl halides is 1. The zero-order valence-corrected chi connectivity index (χ0v) is 7.26. The van der Waals surface area contributed by atoms with Gasteiger partial charge in [-0.25, -0.2) is 0 Å². The molecule has 0 atom stereocenters. The van der Waals surface area contributed by atoms with E-state index in [1.165, 1.54) is 0 Å². The molecule has 0 radical (unpaired) electrons. The van der Waals surface area contributed by atoms with Crippen molar-refractivity contribution < 1.29 is 0 Å². The fraction of sp³-hybridized carbons (Fsp3) is 0.429. The van der Waals surface area contributed by atoms with Crippen LogP contribution in [0.15, 0.2) is 25.1 Å². The summed E-state index contributed by atoms with van der Waals surface area (Å²) in [6.45, 7) is 6.62. The van der Waals surface area contributed by atoms with Gasteiger partial charge >= 0.3 is 0 Å². The number of rotatable bonds is 4. The van der Waals surface area contributed by atoms with E-state index in [4.69, 9.17) is 0 Å².